The van der Waals surface area contributed by atoms with E-state index < -0.39 is 0 Å². The number of benzene rings is 2. The van der Waals surface area contributed by atoms with Crippen molar-refractivity contribution in [2.45, 2.75) is 34.1 Å². The minimum absolute atomic E-state index is 0. The van der Waals surface area contributed by atoms with Crippen LogP contribution in [0.4, 0.5) is 0 Å². The Kier molecular flexibility index (Phi) is 14.6. The van der Waals surface area contributed by atoms with E-state index in [1.165, 1.54) is 31.7 Å². The predicted octanol–water partition coefficient (Wildman–Crippen LogP) is 0.838. The van der Waals surface area contributed by atoms with E-state index in [-0.39, 0.29) is 24.8 Å². The SMILES string of the molecule is CC1=[C-]C(C)C(C)=C1C.[C-]1=CC=CC1.[Cl-].[Cl-].[Ti+2]=[C](c1ccccc1)c1ccccc1. The summed E-state index contributed by atoms with van der Waals surface area (Å²) in [4.78, 5) is 0. The van der Waals surface area contributed by atoms with Gasteiger partial charge in [-0.05, 0) is 0 Å². The number of halogens is 2. The second-order valence-corrected chi connectivity index (χ2v) is 7.69. The summed E-state index contributed by atoms with van der Waals surface area (Å²) in [7, 11) is 0. The van der Waals surface area contributed by atoms with Gasteiger partial charge in [0.15, 0.2) is 0 Å². The first-order valence-electron chi connectivity index (χ1n) is 9.69. The Morgan fingerprint density at radius 1 is 0.867 bits per heavy atom. The normalized spacial score (nSPS) is 15.7. The van der Waals surface area contributed by atoms with E-state index >= 15 is 0 Å². The molecule has 4 rings (SSSR count). The number of hydrogen-bond acceptors (Lipinski definition) is 0. The minimum atomic E-state index is 0. The fourth-order valence-electron chi connectivity index (χ4n) is 2.88. The Morgan fingerprint density at radius 2 is 1.37 bits per heavy atom. The third-order valence-corrected chi connectivity index (χ3v) is 5.85. The molecule has 1 unspecified atom stereocenters. The molecule has 0 bridgehead atoms. The molecule has 2 aromatic carbocycles. The van der Waals surface area contributed by atoms with Gasteiger partial charge in [0, 0.05) is 0 Å². The van der Waals surface area contributed by atoms with Crippen molar-refractivity contribution in [3.05, 3.63) is 119 Å². The van der Waals surface area contributed by atoms with Gasteiger partial charge in [-0.3, -0.25) is 12.2 Å². The molecule has 2 aliphatic rings. The van der Waals surface area contributed by atoms with Crippen molar-refractivity contribution in [3.8, 4) is 0 Å². The fraction of sp³-hybridized carbons (Fsp3) is 0.222. The van der Waals surface area contributed by atoms with Gasteiger partial charge in [-0.2, -0.15) is 17.2 Å². The number of rotatable bonds is 2. The molecule has 3 heteroatoms. The number of hydrogen-bond donors (Lipinski definition) is 0. The van der Waals surface area contributed by atoms with Gasteiger partial charge in [0.1, 0.15) is 0 Å². The molecule has 2 aliphatic carbocycles. The van der Waals surface area contributed by atoms with E-state index in [0.717, 1.165) is 6.42 Å². The molecule has 156 valence electrons. The summed E-state index contributed by atoms with van der Waals surface area (Å²) in [6.07, 6.45) is 13.4. The molecule has 0 heterocycles. The van der Waals surface area contributed by atoms with Crippen LogP contribution in [-0.2, 0) is 20.0 Å². The van der Waals surface area contributed by atoms with E-state index in [9.17, 15) is 0 Å². The molecule has 0 saturated heterocycles. The standard InChI is InChI=1S/C13H10.C9H13.C5H5.2ClH.Ti/c1-3-7-12(8-4-1)11-13-9-5-2-6-10-13;1-6-5-7(2)9(4)8(6)3;1-2-4-5-3-1;;;/h1-10H;6H,1-4H3;1-3H,4H2;2*1H;/q;2*-1;;;+2/p-2. The Morgan fingerprint density at radius 3 is 1.60 bits per heavy atom. The third-order valence-electron chi connectivity index (χ3n) is 4.95. The second-order valence-electron chi connectivity index (χ2n) is 6.91. The van der Waals surface area contributed by atoms with Crippen LogP contribution in [0.2, 0.25) is 0 Å². The topological polar surface area (TPSA) is 0 Å². The van der Waals surface area contributed by atoms with E-state index in [4.69, 9.17) is 0 Å². The van der Waals surface area contributed by atoms with E-state index in [1.807, 2.05) is 24.3 Å². The summed E-state index contributed by atoms with van der Waals surface area (Å²) in [6.45, 7) is 8.67. The molecule has 0 saturated carbocycles. The van der Waals surface area contributed by atoms with Gasteiger partial charge in [0.05, 0.1) is 0 Å². The van der Waals surface area contributed by atoms with Crippen LogP contribution in [0.5, 0.6) is 0 Å². The third kappa shape index (κ3) is 9.15. The molecule has 0 aliphatic heterocycles. The number of allylic oxidation sites excluding steroid dienone is 8. The molecule has 0 N–H and O–H groups in total. The molecule has 0 fully saturated rings. The van der Waals surface area contributed by atoms with Gasteiger partial charge in [-0.25, -0.2) is 17.7 Å². The molecule has 0 nitrogen and oxygen atoms in total. The summed E-state index contributed by atoms with van der Waals surface area (Å²) < 4.78 is 1.33. The van der Waals surface area contributed by atoms with Crippen LogP contribution < -0.4 is 24.8 Å². The van der Waals surface area contributed by atoms with Gasteiger partial charge in [0.25, 0.3) is 0 Å². The van der Waals surface area contributed by atoms with E-state index in [2.05, 4.69) is 114 Å². The summed E-state index contributed by atoms with van der Waals surface area (Å²) in [5.74, 6) is 0.560. The molecule has 0 radical (unpaired) electrons. The average Bonchev–Trinajstić information content (AvgIpc) is 3.39. The molecule has 0 amide bonds. The van der Waals surface area contributed by atoms with Crippen LogP contribution in [0.25, 0.3) is 0 Å². The molecule has 0 spiro atoms. The zero-order valence-corrected chi connectivity index (χ0v) is 21.1. The predicted molar refractivity (Wildman–Crippen MR) is 118 cm³/mol. The molecule has 2 aromatic rings. The summed E-state index contributed by atoms with van der Waals surface area (Å²) in [5, 5.41) is 0. The van der Waals surface area contributed by atoms with Crippen molar-refractivity contribution < 1.29 is 44.8 Å². The van der Waals surface area contributed by atoms with Crippen LogP contribution in [-0.4, -0.2) is 3.81 Å². The van der Waals surface area contributed by atoms with Crippen LogP contribution in [0.1, 0.15) is 45.2 Å². The summed E-state index contributed by atoms with van der Waals surface area (Å²) in [6, 6.07) is 20.9. The van der Waals surface area contributed by atoms with Crippen molar-refractivity contribution in [2.24, 2.45) is 5.92 Å². The Hall–Kier alpha value is -1.44. The van der Waals surface area contributed by atoms with Crippen LogP contribution in [0, 0.1) is 18.1 Å². The molecule has 1 atom stereocenters. The zero-order chi connectivity index (χ0) is 20.4. The van der Waals surface area contributed by atoms with Gasteiger partial charge in [-0.15, -0.1) is 13.3 Å². The second kappa shape index (κ2) is 15.4. The summed E-state index contributed by atoms with van der Waals surface area (Å²) >= 11 is 2.16. The van der Waals surface area contributed by atoms with Crippen molar-refractivity contribution in [2.75, 3.05) is 0 Å². The van der Waals surface area contributed by atoms with Crippen LogP contribution >= 0.6 is 0 Å². The maximum absolute atomic E-state index is 3.36. The Balaban J connectivity index is 0.000000454. The monoisotopic (exact) mass is 470 g/mol. The molecular formula is C27H28Cl2Ti-2. The van der Waals surface area contributed by atoms with Crippen molar-refractivity contribution in [1.29, 1.82) is 0 Å². The van der Waals surface area contributed by atoms with Crippen molar-refractivity contribution >= 4 is 3.81 Å². The van der Waals surface area contributed by atoms with Crippen LogP contribution in [0.3, 0.4) is 0 Å². The first-order valence-corrected chi connectivity index (χ1v) is 10.5. The van der Waals surface area contributed by atoms with Crippen LogP contribution in [0.15, 0.2) is 95.6 Å². The van der Waals surface area contributed by atoms with E-state index in [0.29, 0.717) is 5.92 Å². The molecule has 0 aromatic heterocycles. The first-order chi connectivity index (χ1) is 13.5. The molecular weight excluding hydrogens is 443 g/mol. The maximum atomic E-state index is 3.36. The van der Waals surface area contributed by atoms with Crippen molar-refractivity contribution in [1.82, 2.24) is 0 Å². The summed E-state index contributed by atoms with van der Waals surface area (Å²) in [5.41, 5.74) is 6.83. The van der Waals surface area contributed by atoms with Gasteiger partial charge < -0.3 is 24.8 Å². The van der Waals surface area contributed by atoms with Crippen molar-refractivity contribution in [3.63, 3.8) is 0 Å². The first kappa shape index (κ1) is 28.6. The van der Waals surface area contributed by atoms with Gasteiger partial charge in [-0.1, -0.05) is 26.7 Å². The average molecular weight is 471 g/mol. The quantitative estimate of drug-likeness (QED) is 0.450. The fourth-order valence-corrected chi connectivity index (χ4v) is 3.40. The molecule has 30 heavy (non-hydrogen) atoms. The Bertz CT molecular complexity index is 839. The van der Waals surface area contributed by atoms with E-state index in [1.54, 1.807) is 0 Å². The van der Waals surface area contributed by atoms with Gasteiger partial charge >= 0.3 is 95.6 Å². The zero-order valence-electron chi connectivity index (χ0n) is 18.0. The van der Waals surface area contributed by atoms with Gasteiger partial charge in [0.2, 0.25) is 0 Å². The Labute approximate surface area is 206 Å².